The van der Waals surface area contributed by atoms with E-state index in [1.54, 1.807) is 6.92 Å². The fourth-order valence-electron chi connectivity index (χ4n) is 1.68. The van der Waals surface area contributed by atoms with E-state index < -0.39 is 22.0 Å². The van der Waals surface area contributed by atoms with E-state index >= 15 is 0 Å². The van der Waals surface area contributed by atoms with E-state index in [4.69, 9.17) is 5.11 Å². The van der Waals surface area contributed by atoms with Gasteiger partial charge in [-0.3, -0.25) is 4.79 Å². The van der Waals surface area contributed by atoms with Crippen LogP contribution < -0.4 is 4.72 Å². The molecule has 1 aromatic carbocycles. The third kappa shape index (κ3) is 4.83. The van der Waals surface area contributed by atoms with Gasteiger partial charge in [0.1, 0.15) is 0 Å². The summed E-state index contributed by atoms with van der Waals surface area (Å²) in [6.45, 7) is 1.58. The van der Waals surface area contributed by atoms with Gasteiger partial charge in [0.25, 0.3) is 0 Å². The average molecular weight is 315 g/mol. The molecule has 0 aliphatic heterocycles. The summed E-state index contributed by atoms with van der Waals surface area (Å²) >= 11 is 0. The molecule has 0 aliphatic rings. The molecule has 0 radical (unpaired) electrons. The summed E-state index contributed by atoms with van der Waals surface area (Å²) in [5.74, 6) is -2.13. The molecule has 7 nitrogen and oxygen atoms in total. The first kappa shape index (κ1) is 17.1. The Labute approximate surface area is 123 Å². The number of methoxy groups -OCH3 is 1. The number of ether oxygens (including phenoxy) is 1. The number of carbonyl (C=O) groups excluding carboxylic acids is 1. The van der Waals surface area contributed by atoms with Crippen molar-refractivity contribution < 1.29 is 27.9 Å². The topological polar surface area (TPSA) is 110 Å². The van der Waals surface area contributed by atoms with Crippen molar-refractivity contribution >= 4 is 22.0 Å². The fraction of sp³-hybridized carbons (Fsp3) is 0.385. The first-order chi connectivity index (χ1) is 9.77. The van der Waals surface area contributed by atoms with Crippen LogP contribution in [0.2, 0.25) is 0 Å². The number of benzene rings is 1. The number of nitrogens with one attached hydrogen (secondary N) is 1. The van der Waals surface area contributed by atoms with Gasteiger partial charge in [-0.1, -0.05) is 19.1 Å². The van der Waals surface area contributed by atoms with Crippen molar-refractivity contribution in [1.82, 2.24) is 4.72 Å². The van der Waals surface area contributed by atoms with Crippen LogP contribution in [0.25, 0.3) is 0 Å². The minimum Gasteiger partial charge on any atom is -0.481 e. The van der Waals surface area contributed by atoms with Gasteiger partial charge in [0.15, 0.2) is 0 Å². The van der Waals surface area contributed by atoms with Crippen LogP contribution in [0, 0.1) is 5.92 Å². The highest BCUT2D eigenvalue weighted by Crippen LogP contribution is 2.16. The van der Waals surface area contributed by atoms with Crippen LogP contribution >= 0.6 is 0 Å². The zero-order chi connectivity index (χ0) is 16.0. The molecule has 8 heteroatoms. The standard InChI is InChI=1S/C13H17NO6S/c1-9(7-12(15)16)8-14-21(18,19)11-6-4-3-5-10(11)13(17)20-2/h3-6,9,14H,7-8H2,1-2H3,(H,15,16). The molecule has 1 unspecified atom stereocenters. The van der Waals surface area contributed by atoms with E-state index in [0.29, 0.717) is 0 Å². The van der Waals surface area contributed by atoms with Crippen molar-refractivity contribution in [2.75, 3.05) is 13.7 Å². The average Bonchev–Trinajstić information content (AvgIpc) is 2.44. The molecule has 0 bridgehead atoms. The molecule has 2 N–H and O–H groups in total. The summed E-state index contributed by atoms with van der Waals surface area (Å²) < 4.78 is 31.2. The van der Waals surface area contributed by atoms with Crippen molar-refractivity contribution in [2.24, 2.45) is 5.92 Å². The van der Waals surface area contributed by atoms with Gasteiger partial charge in [-0.25, -0.2) is 17.9 Å². The minimum absolute atomic E-state index is 0.0376. The lowest BCUT2D eigenvalue weighted by Crippen LogP contribution is -2.30. The Morgan fingerprint density at radius 1 is 1.33 bits per heavy atom. The van der Waals surface area contributed by atoms with Gasteiger partial charge in [-0.15, -0.1) is 0 Å². The maximum atomic E-state index is 12.2. The third-order valence-corrected chi connectivity index (χ3v) is 4.21. The molecule has 0 amide bonds. The van der Waals surface area contributed by atoms with Crippen LogP contribution in [0.15, 0.2) is 29.2 Å². The zero-order valence-electron chi connectivity index (χ0n) is 11.7. The van der Waals surface area contributed by atoms with E-state index in [9.17, 15) is 18.0 Å². The lowest BCUT2D eigenvalue weighted by molar-refractivity contribution is -0.137. The highest BCUT2D eigenvalue weighted by molar-refractivity contribution is 7.89. The molecule has 0 saturated heterocycles. The van der Waals surface area contributed by atoms with Crippen LogP contribution in [0.5, 0.6) is 0 Å². The number of aliphatic carboxylic acids is 1. The molecule has 0 spiro atoms. The molecule has 1 aromatic rings. The Morgan fingerprint density at radius 3 is 2.52 bits per heavy atom. The van der Waals surface area contributed by atoms with E-state index in [2.05, 4.69) is 9.46 Å². The van der Waals surface area contributed by atoms with E-state index in [1.165, 1.54) is 24.3 Å². The number of carboxylic acid groups (broad SMARTS) is 1. The second-order valence-corrected chi connectivity index (χ2v) is 6.28. The van der Waals surface area contributed by atoms with Crippen molar-refractivity contribution in [2.45, 2.75) is 18.2 Å². The lowest BCUT2D eigenvalue weighted by atomic mass is 10.1. The van der Waals surface area contributed by atoms with Crippen LogP contribution in [-0.2, 0) is 19.6 Å². The van der Waals surface area contributed by atoms with Gasteiger partial charge >= 0.3 is 11.9 Å². The van der Waals surface area contributed by atoms with Crippen LogP contribution in [-0.4, -0.2) is 39.1 Å². The normalized spacial score (nSPS) is 12.7. The number of carboxylic acids is 1. The van der Waals surface area contributed by atoms with Crippen LogP contribution in [0.3, 0.4) is 0 Å². The number of carbonyl (C=O) groups is 2. The molecule has 0 aromatic heterocycles. The molecular formula is C13H17NO6S. The second-order valence-electron chi connectivity index (χ2n) is 4.54. The summed E-state index contributed by atoms with van der Waals surface area (Å²) in [6, 6.07) is 5.65. The Morgan fingerprint density at radius 2 is 1.95 bits per heavy atom. The molecule has 1 rings (SSSR count). The molecule has 21 heavy (non-hydrogen) atoms. The Balaban J connectivity index is 2.93. The van der Waals surface area contributed by atoms with E-state index in [-0.39, 0.29) is 29.3 Å². The van der Waals surface area contributed by atoms with Crippen molar-refractivity contribution in [1.29, 1.82) is 0 Å². The molecule has 0 heterocycles. The van der Waals surface area contributed by atoms with E-state index in [1.807, 2.05) is 0 Å². The number of hydrogen-bond donors (Lipinski definition) is 2. The first-order valence-corrected chi connectivity index (χ1v) is 7.65. The minimum atomic E-state index is -3.92. The number of sulfonamides is 1. The van der Waals surface area contributed by atoms with Crippen molar-refractivity contribution in [3.8, 4) is 0 Å². The van der Waals surface area contributed by atoms with Gasteiger partial charge in [-0.05, 0) is 18.1 Å². The van der Waals surface area contributed by atoms with Crippen molar-refractivity contribution in [3.63, 3.8) is 0 Å². The third-order valence-electron chi connectivity index (χ3n) is 2.73. The van der Waals surface area contributed by atoms with Gasteiger partial charge in [0.2, 0.25) is 10.0 Å². The summed E-state index contributed by atoms with van der Waals surface area (Å²) in [6.07, 6.45) is -0.152. The number of rotatable bonds is 7. The van der Waals surface area contributed by atoms with Crippen molar-refractivity contribution in [3.05, 3.63) is 29.8 Å². The summed E-state index contributed by atoms with van der Waals surface area (Å²) in [5.41, 5.74) is -0.0709. The monoisotopic (exact) mass is 315 g/mol. The Hall–Kier alpha value is -1.93. The van der Waals surface area contributed by atoms with Gasteiger partial charge in [0, 0.05) is 13.0 Å². The Bertz CT molecular complexity index is 625. The van der Waals surface area contributed by atoms with Gasteiger partial charge < -0.3 is 9.84 Å². The highest BCUT2D eigenvalue weighted by atomic mass is 32.2. The van der Waals surface area contributed by atoms with Gasteiger partial charge in [-0.2, -0.15) is 0 Å². The quantitative estimate of drug-likeness (QED) is 0.722. The van der Waals surface area contributed by atoms with Crippen LogP contribution in [0.4, 0.5) is 0 Å². The fourth-order valence-corrected chi connectivity index (χ4v) is 3.04. The largest absolute Gasteiger partial charge is 0.481 e. The summed E-state index contributed by atoms with van der Waals surface area (Å²) in [5, 5.41) is 8.64. The summed E-state index contributed by atoms with van der Waals surface area (Å²) in [4.78, 5) is 21.9. The SMILES string of the molecule is COC(=O)c1ccccc1S(=O)(=O)NCC(C)CC(=O)O. The first-order valence-electron chi connectivity index (χ1n) is 6.16. The molecular weight excluding hydrogens is 298 g/mol. The Kier molecular flexibility index (Phi) is 5.86. The predicted molar refractivity (Wildman–Crippen MR) is 74.4 cm³/mol. The molecule has 0 fully saturated rings. The smallest absolute Gasteiger partial charge is 0.339 e. The number of esters is 1. The summed E-state index contributed by atoms with van der Waals surface area (Å²) in [7, 11) is -2.76. The van der Waals surface area contributed by atoms with E-state index in [0.717, 1.165) is 7.11 Å². The zero-order valence-corrected chi connectivity index (χ0v) is 12.5. The highest BCUT2D eigenvalue weighted by Gasteiger charge is 2.23. The molecule has 116 valence electrons. The molecule has 1 atom stereocenters. The predicted octanol–water partition coefficient (Wildman–Crippen LogP) is 0.862. The molecule has 0 saturated carbocycles. The second kappa shape index (κ2) is 7.19. The maximum Gasteiger partial charge on any atom is 0.339 e. The number of hydrogen-bond acceptors (Lipinski definition) is 5. The lowest BCUT2D eigenvalue weighted by Gasteiger charge is -2.13. The van der Waals surface area contributed by atoms with Gasteiger partial charge in [0.05, 0.1) is 17.6 Å². The van der Waals surface area contributed by atoms with Crippen LogP contribution in [0.1, 0.15) is 23.7 Å². The maximum absolute atomic E-state index is 12.2. The molecule has 0 aliphatic carbocycles.